The van der Waals surface area contributed by atoms with Crippen molar-refractivity contribution in [2.45, 2.75) is 25.0 Å². The van der Waals surface area contributed by atoms with E-state index in [1.165, 1.54) is 0 Å². The highest BCUT2D eigenvalue weighted by Crippen LogP contribution is 2.30. The Morgan fingerprint density at radius 2 is 2.21 bits per heavy atom. The highest BCUT2D eigenvalue weighted by atomic mass is 16.5. The summed E-state index contributed by atoms with van der Waals surface area (Å²) in [5.41, 5.74) is 0.360. The summed E-state index contributed by atoms with van der Waals surface area (Å²) >= 11 is 0. The van der Waals surface area contributed by atoms with Crippen molar-refractivity contribution >= 4 is 5.91 Å². The van der Waals surface area contributed by atoms with Crippen LogP contribution in [0.25, 0.3) is 0 Å². The van der Waals surface area contributed by atoms with Gasteiger partial charge in [0, 0.05) is 56.4 Å². The maximum absolute atomic E-state index is 13.0. The van der Waals surface area contributed by atoms with Crippen molar-refractivity contribution in [3.8, 4) is 5.88 Å². The molecule has 8 nitrogen and oxygen atoms in total. The van der Waals surface area contributed by atoms with Gasteiger partial charge in [0.05, 0.1) is 32.2 Å². The van der Waals surface area contributed by atoms with Crippen LogP contribution < -0.4 is 4.74 Å². The van der Waals surface area contributed by atoms with Gasteiger partial charge < -0.3 is 23.8 Å². The first-order chi connectivity index (χ1) is 13.7. The quantitative estimate of drug-likeness (QED) is 0.746. The van der Waals surface area contributed by atoms with Gasteiger partial charge in [0.1, 0.15) is 0 Å². The Kier molecular flexibility index (Phi) is 5.59. The molecular formula is C20H27N5O3. The lowest BCUT2D eigenvalue weighted by Gasteiger charge is -2.40. The number of methoxy groups -OCH3 is 1. The van der Waals surface area contributed by atoms with Crippen LogP contribution in [0.15, 0.2) is 37.1 Å². The van der Waals surface area contributed by atoms with Crippen molar-refractivity contribution in [2.75, 3.05) is 46.4 Å². The SMILES string of the molecule is COc1cc(C(=O)N2CCOC3(CCN(CCCn4ccnc4)C3)C2)ccn1. The number of nitrogens with zero attached hydrogens (tertiary/aromatic N) is 5. The number of aromatic nitrogens is 3. The van der Waals surface area contributed by atoms with Gasteiger partial charge >= 0.3 is 0 Å². The second-order valence-corrected chi connectivity index (χ2v) is 7.53. The van der Waals surface area contributed by atoms with E-state index in [0.29, 0.717) is 31.1 Å². The fourth-order valence-electron chi connectivity index (χ4n) is 4.12. The predicted molar refractivity (Wildman–Crippen MR) is 103 cm³/mol. The predicted octanol–water partition coefficient (Wildman–Crippen LogP) is 1.29. The normalized spacial score (nSPS) is 22.7. The molecule has 2 aliphatic rings. The number of imidazole rings is 1. The molecule has 1 atom stereocenters. The van der Waals surface area contributed by atoms with E-state index < -0.39 is 0 Å². The second-order valence-electron chi connectivity index (χ2n) is 7.53. The summed E-state index contributed by atoms with van der Waals surface area (Å²) in [4.78, 5) is 25.5. The molecule has 0 radical (unpaired) electrons. The van der Waals surface area contributed by atoms with Crippen LogP contribution in [0, 0.1) is 0 Å². The molecular weight excluding hydrogens is 358 g/mol. The molecule has 0 aliphatic carbocycles. The van der Waals surface area contributed by atoms with Gasteiger partial charge in [-0.1, -0.05) is 0 Å². The highest BCUT2D eigenvalue weighted by Gasteiger charge is 2.43. The van der Waals surface area contributed by atoms with Gasteiger partial charge in [0.25, 0.3) is 5.91 Å². The minimum absolute atomic E-state index is 0.0157. The molecule has 0 aromatic carbocycles. The number of amides is 1. The van der Waals surface area contributed by atoms with Gasteiger partial charge in [-0.25, -0.2) is 9.97 Å². The number of carbonyl (C=O) groups is 1. The number of aryl methyl sites for hydroxylation is 1. The molecule has 0 bridgehead atoms. The van der Waals surface area contributed by atoms with Crippen molar-refractivity contribution < 1.29 is 14.3 Å². The van der Waals surface area contributed by atoms with Crippen LogP contribution in [-0.4, -0.2) is 82.3 Å². The van der Waals surface area contributed by atoms with Crippen LogP contribution in [-0.2, 0) is 11.3 Å². The largest absolute Gasteiger partial charge is 0.481 e. The number of rotatable bonds is 6. The van der Waals surface area contributed by atoms with Crippen molar-refractivity contribution in [1.29, 1.82) is 0 Å². The minimum atomic E-state index is -0.250. The third-order valence-corrected chi connectivity index (χ3v) is 5.57. The van der Waals surface area contributed by atoms with Gasteiger partial charge in [-0.15, -0.1) is 0 Å². The Hall–Kier alpha value is -2.45. The molecule has 150 valence electrons. The third-order valence-electron chi connectivity index (χ3n) is 5.57. The molecule has 2 aliphatic heterocycles. The third kappa shape index (κ3) is 4.18. The Morgan fingerprint density at radius 1 is 1.29 bits per heavy atom. The van der Waals surface area contributed by atoms with Gasteiger partial charge in [-0.05, 0) is 25.5 Å². The van der Waals surface area contributed by atoms with Crippen LogP contribution in [0.4, 0.5) is 0 Å². The molecule has 8 heteroatoms. The smallest absolute Gasteiger partial charge is 0.254 e. The average molecular weight is 385 g/mol. The monoisotopic (exact) mass is 385 g/mol. The van der Waals surface area contributed by atoms with Crippen LogP contribution >= 0.6 is 0 Å². The summed E-state index contributed by atoms with van der Waals surface area (Å²) < 4.78 is 13.4. The lowest BCUT2D eigenvalue weighted by atomic mass is 10.00. The molecule has 1 amide bonds. The van der Waals surface area contributed by atoms with E-state index in [1.807, 2.05) is 23.6 Å². The number of hydrogen-bond acceptors (Lipinski definition) is 6. The molecule has 2 aromatic rings. The zero-order chi connectivity index (χ0) is 19.4. The first-order valence-corrected chi connectivity index (χ1v) is 9.79. The van der Waals surface area contributed by atoms with E-state index in [9.17, 15) is 4.79 Å². The number of morpholine rings is 1. The molecule has 4 rings (SSSR count). The first-order valence-electron chi connectivity index (χ1n) is 9.79. The first kappa shape index (κ1) is 18.9. The van der Waals surface area contributed by atoms with E-state index in [0.717, 1.165) is 39.0 Å². The van der Waals surface area contributed by atoms with Gasteiger partial charge in [-0.3, -0.25) is 4.79 Å². The van der Waals surface area contributed by atoms with Gasteiger partial charge in [0.15, 0.2) is 0 Å². The Labute approximate surface area is 165 Å². The standard InChI is InChI=1S/C20H27N5O3/c1-27-18-13-17(3-5-22-18)19(26)25-11-12-28-20(15-25)4-9-23(14-20)7-2-8-24-10-6-21-16-24/h3,5-6,10,13,16H,2,4,7-9,11-12,14-15H2,1H3. The zero-order valence-corrected chi connectivity index (χ0v) is 16.3. The number of carbonyl (C=O) groups excluding carboxylic acids is 1. The maximum Gasteiger partial charge on any atom is 0.254 e. The minimum Gasteiger partial charge on any atom is -0.481 e. The van der Waals surface area contributed by atoms with E-state index in [1.54, 1.807) is 25.4 Å². The van der Waals surface area contributed by atoms with Crippen molar-refractivity contribution in [3.63, 3.8) is 0 Å². The molecule has 0 N–H and O–H groups in total. The molecule has 2 saturated heterocycles. The molecule has 4 heterocycles. The molecule has 2 fully saturated rings. The summed E-state index contributed by atoms with van der Waals surface area (Å²) in [6.45, 7) is 5.71. The number of pyridine rings is 1. The molecule has 1 unspecified atom stereocenters. The summed E-state index contributed by atoms with van der Waals surface area (Å²) in [5, 5.41) is 0. The van der Waals surface area contributed by atoms with E-state index in [4.69, 9.17) is 9.47 Å². The van der Waals surface area contributed by atoms with Crippen molar-refractivity contribution in [3.05, 3.63) is 42.6 Å². The van der Waals surface area contributed by atoms with Crippen molar-refractivity contribution in [2.24, 2.45) is 0 Å². The maximum atomic E-state index is 13.0. The van der Waals surface area contributed by atoms with Crippen molar-refractivity contribution in [1.82, 2.24) is 24.3 Å². The van der Waals surface area contributed by atoms with E-state index in [2.05, 4.69) is 19.4 Å². The van der Waals surface area contributed by atoms with Gasteiger partial charge in [-0.2, -0.15) is 0 Å². The summed E-state index contributed by atoms with van der Waals surface area (Å²) in [7, 11) is 1.56. The number of ether oxygens (including phenoxy) is 2. The molecule has 2 aromatic heterocycles. The summed E-state index contributed by atoms with van der Waals surface area (Å²) in [6.07, 6.45) is 9.30. The summed E-state index contributed by atoms with van der Waals surface area (Å²) in [5.74, 6) is 0.473. The average Bonchev–Trinajstić information content (AvgIpc) is 3.38. The Bertz CT molecular complexity index is 797. The zero-order valence-electron chi connectivity index (χ0n) is 16.3. The van der Waals surface area contributed by atoms with Gasteiger partial charge in [0.2, 0.25) is 5.88 Å². The van der Waals surface area contributed by atoms with Crippen LogP contribution in [0.1, 0.15) is 23.2 Å². The summed E-state index contributed by atoms with van der Waals surface area (Å²) in [6, 6.07) is 3.44. The van der Waals surface area contributed by atoms with E-state index in [-0.39, 0.29) is 11.5 Å². The fourth-order valence-corrected chi connectivity index (χ4v) is 4.12. The lowest BCUT2D eigenvalue weighted by Crippen LogP contribution is -2.55. The van der Waals surface area contributed by atoms with Crippen LogP contribution in [0.3, 0.4) is 0 Å². The van der Waals surface area contributed by atoms with Crippen LogP contribution in [0.5, 0.6) is 5.88 Å². The molecule has 1 spiro atoms. The second kappa shape index (κ2) is 8.28. The number of likely N-dealkylation sites (tertiary alicyclic amines) is 1. The fraction of sp³-hybridized carbons (Fsp3) is 0.550. The highest BCUT2D eigenvalue weighted by molar-refractivity contribution is 5.94. The van der Waals surface area contributed by atoms with Crippen LogP contribution in [0.2, 0.25) is 0 Å². The Balaban J connectivity index is 1.33. The number of hydrogen-bond donors (Lipinski definition) is 0. The Morgan fingerprint density at radius 3 is 3.04 bits per heavy atom. The topological polar surface area (TPSA) is 72.7 Å². The molecule has 28 heavy (non-hydrogen) atoms. The van der Waals surface area contributed by atoms with E-state index >= 15 is 0 Å². The molecule has 0 saturated carbocycles. The lowest BCUT2D eigenvalue weighted by molar-refractivity contribution is -0.0917.